The van der Waals surface area contributed by atoms with E-state index < -0.39 is 0 Å². The molecule has 1 aromatic rings. The molecule has 0 saturated heterocycles. The molecule has 2 N–H and O–H groups in total. The molecule has 15 heavy (non-hydrogen) atoms. The Hall–Kier alpha value is -0.820. The zero-order valence-corrected chi connectivity index (χ0v) is 9.96. The van der Waals surface area contributed by atoms with E-state index >= 15 is 0 Å². The standard InChI is InChI=1S/C14H21N/c1-10(2)11-4-6-12(7-5-11)14(3,15)13-8-9-13/h4-7,10,13H,8-9,15H2,1-3H3. The topological polar surface area (TPSA) is 26.0 Å². The maximum atomic E-state index is 6.37. The summed E-state index contributed by atoms with van der Waals surface area (Å²) >= 11 is 0. The molecule has 0 aromatic heterocycles. The van der Waals surface area contributed by atoms with Crippen LogP contribution in [0.2, 0.25) is 0 Å². The van der Waals surface area contributed by atoms with E-state index in [0.29, 0.717) is 11.8 Å². The molecule has 1 aliphatic carbocycles. The number of hydrogen-bond acceptors (Lipinski definition) is 1. The molecule has 0 bridgehead atoms. The van der Waals surface area contributed by atoms with Gasteiger partial charge in [0.25, 0.3) is 0 Å². The first-order chi connectivity index (χ1) is 7.01. The summed E-state index contributed by atoms with van der Waals surface area (Å²) in [5.74, 6) is 1.30. The predicted molar refractivity (Wildman–Crippen MR) is 64.8 cm³/mol. The SMILES string of the molecule is CC(C)c1ccc(C(C)(N)C2CC2)cc1. The van der Waals surface area contributed by atoms with Gasteiger partial charge in [-0.25, -0.2) is 0 Å². The fraction of sp³-hybridized carbons (Fsp3) is 0.571. The zero-order chi connectivity index (χ0) is 11.1. The lowest BCUT2D eigenvalue weighted by Gasteiger charge is -2.25. The average molecular weight is 203 g/mol. The summed E-state index contributed by atoms with van der Waals surface area (Å²) in [5.41, 5.74) is 8.93. The average Bonchev–Trinajstić information content (AvgIpc) is 3.01. The first-order valence-electron chi connectivity index (χ1n) is 5.91. The molecule has 2 rings (SSSR count). The molecule has 1 aliphatic rings. The van der Waals surface area contributed by atoms with Crippen molar-refractivity contribution in [3.05, 3.63) is 35.4 Å². The Morgan fingerprint density at radius 3 is 2.13 bits per heavy atom. The van der Waals surface area contributed by atoms with Crippen molar-refractivity contribution in [1.29, 1.82) is 0 Å². The Kier molecular flexibility index (Phi) is 2.59. The summed E-state index contributed by atoms with van der Waals surface area (Å²) in [6.07, 6.45) is 2.58. The van der Waals surface area contributed by atoms with E-state index in [-0.39, 0.29) is 5.54 Å². The van der Waals surface area contributed by atoms with Crippen LogP contribution in [-0.4, -0.2) is 0 Å². The van der Waals surface area contributed by atoms with E-state index in [1.165, 1.54) is 24.0 Å². The Morgan fingerprint density at radius 1 is 1.20 bits per heavy atom. The second-order valence-corrected chi connectivity index (χ2v) is 5.33. The fourth-order valence-corrected chi connectivity index (χ4v) is 2.15. The molecule has 0 radical (unpaired) electrons. The molecule has 82 valence electrons. The second-order valence-electron chi connectivity index (χ2n) is 5.33. The fourth-order valence-electron chi connectivity index (χ4n) is 2.15. The predicted octanol–water partition coefficient (Wildman–Crippen LogP) is 3.39. The summed E-state index contributed by atoms with van der Waals surface area (Å²) in [6.45, 7) is 6.60. The minimum Gasteiger partial charge on any atom is -0.321 e. The molecule has 0 heterocycles. The van der Waals surface area contributed by atoms with Gasteiger partial charge in [0, 0.05) is 5.54 Å². The first kappa shape index (κ1) is 10.7. The van der Waals surface area contributed by atoms with Crippen LogP contribution in [0.4, 0.5) is 0 Å². The maximum Gasteiger partial charge on any atom is 0.0409 e. The van der Waals surface area contributed by atoms with Crippen LogP contribution >= 0.6 is 0 Å². The second kappa shape index (κ2) is 3.64. The van der Waals surface area contributed by atoms with Crippen LogP contribution in [-0.2, 0) is 5.54 Å². The van der Waals surface area contributed by atoms with Gasteiger partial charge in [-0.3, -0.25) is 0 Å². The minimum absolute atomic E-state index is 0.116. The highest BCUT2D eigenvalue weighted by Crippen LogP contribution is 2.43. The quantitative estimate of drug-likeness (QED) is 0.800. The Morgan fingerprint density at radius 2 is 1.73 bits per heavy atom. The zero-order valence-electron chi connectivity index (χ0n) is 9.96. The van der Waals surface area contributed by atoms with Gasteiger partial charge in [0.1, 0.15) is 0 Å². The van der Waals surface area contributed by atoms with E-state index in [4.69, 9.17) is 5.73 Å². The van der Waals surface area contributed by atoms with Gasteiger partial charge in [0.05, 0.1) is 0 Å². The smallest absolute Gasteiger partial charge is 0.0409 e. The molecule has 1 heteroatoms. The van der Waals surface area contributed by atoms with Crippen LogP contribution in [0.15, 0.2) is 24.3 Å². The number of hydrogen-bond donors (Lipinski definition) is 1. The molecular weight excluding hydrogens is 182 g/mol. The molecule has 0 amide bonds. The van der Waals surface area contributed by atoms with Crippen LogP contribution < -0.4 is 5.73 Å². The third-order valence-electron chi connectivity index (χ3n) is 3.62. The summed E-state index contributed by atoms with van der Waals surface area (Å²) < 4.78 is 0. The van der Waals surface area contributed by atoms with E-state index in [1.54, 1.807) is 0 Å². The molecule has 0 aliphatic heterocycles. The highest BCUT2D eigenvalue weighted by Gasteiger charge is 2.39. The van der Waals surface area contributed by atoms with Crippen LogP contribution in [0.5, 0.6) is 0 Å². The normalized spacial score (nSPS) is 20.3. The lowest BCUT2D eigenvalue weighted by atomic mass is 9.87. The van der Waals surface area contributed by atoms with Crippen LogP contribution in [0.3, 0.4) is 0 Å². The third kappa shape index (κ3) is 2.07. The molecule has 0 spiro atoms. The molecular formula is C14H21N. The third-order valence-corrected chi connectivity index (χ3v) is 3.62. The summed E-state index contributed by atoms with van der Waals surface area (Å²) in [6, 6.07) is 8.84. The van der Waals surface area contributed by atoms with E-state index in [1.807, 2.05) is 0 Å². The van der Waals surface area contributed by atoms with Gasteiger partial charge in [-0.15, -0.1) is 0 Å². The molecule has 1 atom stereocenters. The monoisotopic (exact) mass is 203 g/mol. The Balaban J connectivity index is 2.22. The summed E-state index contributed by atoms with van der Waals surface area (Å²) in [4.78, 5) is 0. The summed E-state index contributed by atoms with van der Waals surface area (Å²) in [7, 11) is 0. The van der Waals surface area contributed by atoms with E-state index in [0.717, 1.165) is 0 Å². The Bertz CT molecular complexity index is 331. The van der Waals surface area contributed by atoms with Crippen LogP contribution in [0.1, 0.15) is 50.7 Å². The van der Waals surface area contributed by atoms with Crippen molar-refractivity contribution in [1.82, 2.24) is 0 Å². The van der Waals surface area contributed by atoms with Gasteiger partial charge < -0.3 is 5.73 Å². The number of nitrogens with two attached hydrogens (primary N) is 1. The van der Waals surface area contributed by atoms with Gasteiger partial charge in [-0.05, 0) is 42.7 Å². The van der Waals surface area contributed by atoms with Crippen LogP contribution in [0, 0.1) is 5.92 Å². The van der Waals surface area contributed by atoms with E-state index in [9.17, 15) is 0 Å². The molecule has 1 unspecified atom stereocenters. The molecule has 1 fully saturated rings. The van der Waals surface area contributed by atoms with Crippen molar-refractivity contribution in [3.63, 3.8) is 0 Å². The van der Waals surface area contributed by atoms with Crippen molar-refractivity contribution in [2.45, 2.75) is 45.1 Å². The van der Waals surface area contributed by atoms with Crippen molar-refractivity contribution >= 4 is 0 Å². The number of rotatable bonds is 3. The largest absolute Gasteiger partial charge is 0.321 e. The highest BCUT2D eigenvalue weighted by atomic mass is 14.8. The lowest BCUT2D eigenvalue weighted by molar-refractivity contribution is 0.427. The molecule has 1 nitrogen and oxygen atoms in total. The lowest BCUT2D eigenvalue weighted by Crippen LogP contribution is -2.35. The minimum atomic E-state index is -0.116. The van der Waals surface area contributed by atoms with Crippen molar-refractivity contribution in [3.8, 4) is 0 Å². The Labute approximate surface area is 92.7 Å². The van der Waals surface area contributed by atoms with Crippen LogP contribution in [0.25, 0.3) is 0 Å². The van der Waals surface area contributed by atoms with Crippen molar-refractivity contribution < 1.29 is 0 Å². The molecule has 1 saturated carbocycles. The van der Waals surface area contributed by atoms with E-state index in [2.05, 4.69) is 45.0 Å². The van der Waals surface area contributed by atoms with Gasteiger partial charge in [-0.2, -0.15) is 0 Å². The van der Waals surface area contributed by atoms with Gasteiger partial charge in [-0.1, -0.05) is 38.1 Å². The molecule has 1 aromatic carbocycles. The van der Waals surface area contributed by atoms with Gasteiger partial charge in [0.2, 0.25) is 0 Å². The highest BCUT2D eigenvalue weighted by molar-refractivity contribution is 5.30. The number of benzene rings is 1. The van der Waals surface area contributed by atoms with Gasteiger partial charge in [0.15, 0.2) is 0 Å². The summed E-state index contributed by atoms with van der Waals surface area (Å²) in [5, 5.41) is 0. The van der Waals surface area contributed by atoms with Crippen molar-refractivity contribution in [2.75, 3.05) is 0 Å². The van der Waals surface area contributed by atoms with Gasteiger partial charge >= 0.3 is 0 Å². The first-order valence-corrected chi connectivity index (χ1v) is 5.91. The maximum absolute atomic E-state index is 6.37. The van der Waals surface area contributed by atoms with Crippen molar-refractivity contribution in [2.24, 2.45) is 11.7 Å².